The SMILES string of the molecule is CCC(=O)NCCN(C)Cc1ccccc1. The predicted molar refractivity (Wildman–Crippen MR) is 66.1 cm³/mol. The molecule has 88 valence electrons. The first-order valence-electron chi connectivity index (χ1n) is 5.71. The Labute approximate surface area is 97.5 Å². The van der Waals surface area contributed by atoms with Gasteiger partial charge >= 0.3 is 0 Å². The summed E-state index contributed by atoms with van der Waals surface area (Å²) in [4.78, 5) is 13.2. The second kappa shape index (κ2) is 7.01. The number of carbonyl (C=O) groups is 1. The second-order valence-electron chi connectivity index (χ2n) is 3.93. The lowest BCUT2D eigenvalue weighted by Gasteiger charge is -2.16. The largest absolute Gasteiger partial charge is 0.355 e. The zero-order valence-corrected chi connectivity index (χ0v) is 10.1. The van der Waals surface area contributed by atoms with Crippen molar-refractivity contribution in [1.82, 2.24) is 10.2 Å². The number of amides is 1. The van der Waals surface area contributed by atoms with Crippen LogP contribution in [0.5, 0.6) is 0 Å². The molecule has 0 spiro atoms. The van der Waals surface area contributed by atoms with Crippen LogP contribution in [0.1, 0.15) is 18.9 Å². The molecule has 0 heterocycles. The number of benzene rings is 1. The molecule has 1 rings (SSSR count). The topological polar surface area (TPSA) is 32.3 Å². The maximum Gasteiger partial charge on any atom is 0.219 e. The van der Waals surface area contributed by atoms with Gasteiger partial charge < -0.3 is 10.2 Å². The first kappa shape index (κ1) is 12.7. The van der Waals surface area contributed by atoms with Gasteiger partial charge in [0.1, 0.15) is 0 Å². The molecule has 1 aromatic rings. The van der Waals surface area contributed by atoms with E-state index < -0.39 is 0 Å². The van der Waals surface area contributed by atoms with Crippen LogP contribution in [0.2, 0.25) is 0 Å². The van der Waals surface area contributed by atoms with Gasteiger partial charge in [0.2, 0.25) is 5.91 Å². The number of likely N-dealkylation sites (N-methyl/N-ethyl adjacent to an activating group) is 1. The van der Waals surface area contributed by atoms with E-state index in [0.717, 1.165) is 19.6 Å². The third kappa shape index (κ3) is 4.94. The van der Waals surface area contributed by atoms with Crippen LogP contribution in [0.25, 0.3) is 0 Å². The minimum atomic E-state index is 0.119. The summed E-state index contributed by atoms with van der Waals surface area (Å²) in [6.07, 6.45) is 0.558. The van der Waals surface area contributed by atoms with Gasteiger partial charge in [-0.1, -0.05) is 37.3 Å². The maximum atomic E-state index is 11.0. The van der Waals surface area contributed by atoms with Gasteiger partial charge in [-0.3, -0.25) is 4.79 Å². The Morgan fingerprint density at radius 1 is 1.31 bits per heavy atom. The number of nitrogens with one attached hydrogen (secondary N) is 1. The third-order valence-electron chi connectivity index (χ3n) is 2.43. The van der Waals surface area contributed by atoms with E-state index in [1.807, 2.05) is 25.1 Å². The molecule has 16 heavy (non-hydrogen) atoms. The molecule has 0 saturated heterocycles. The van der Waals surface area contributed by atoms with Crippen LogP contribution in [0.4, 0.5) is 0 Å². The predicted octanol–water partition coefficient (Wildman–Crippen LogP) is 1.64. The molecule has 3 nitrogen and oxygen atoms in total. The molecule has 0 bridgehead atoms. The molecular formula is C13H20N2O. The van der Waals surface area contributed by atoms with E-state index >= 15 is 0 Å². The van der Waals surface area contributed by atoms with E-state index in [0.29, 0.717) is 6.42 Å². The number of hydrogen-bond donors (Lipinski definition) is 1. The number of rotatable bonds is 6. The Bertz CT molecular complexity index is 311. The van der Waals surface area contributed by atoms with Gasteiger partial charge in [-0.05, 0) is 12.6 Å². The van der Waals surface area contributed by atoms with Crippen LogP contribution in [0.3, 0.4) is 0 Å². The minimum absolute atomic E-state index is 0.119. The summed E-state index contributed by atoms with van der Waals surface area (Å²) in [5.41, 5.74) is 1.30. The summed E-state index contributed by atoms with van der Waals surface area (Å²) in [5, 5.41) is 2.87. The van der Waals surface area contributed by atoms with Gasteiger partial charge in [0.15, 0.2) is 0 Å². The number of carbonyl (C=O) groups excluding carboxylic acids is 1. The lowest BCUT2D eigenvalue weighted by atomic mass is 10.2. The van der Waals surface area contributed by atoms with Crippen molar-refractivity contribution in [3.63, 3.8) is 0 Å². The maximum absolute atomic E-state index is 11.0. The molecule has 1 amide bonds. The zero-order chi connectivity index (χ0) is 11.8. The van der Waals surface area contributed by atoms with Crippen LogP contribution in [0, 0.1) is 0 Å². The average Bonchev–Trinajstić information content (AvgIpc) is 2.30. The monoisotopic (exact) mass is 220 g/mol. The third-order valence-corrected chi connectivity index (χ3v) is 2.43. The highest BCUT2D eigenvalue weighted by atomic mass is 16.1. The highest BCUT2D eigenvalue weighted by molar-refractivity contribution is 5.75. The normalized spacial score (nSPS) is 10.4. The van der Waals surface area contributed by atoms with Gasteiger partial charge in [0.25, 0.3) is 0 Å². The van der Waals surface area contributed by atoms with Crippen LogP contribution in [-0.2, 0) is 11.3 Å². The van der Waals surface area contributed by atoms with Crippen molar-refractivity contribution in [3.8, 4) is 0 Å². The lowest BCUT2D eigenvalue weighted by molar-refractivity contribution is -0.120. The van der Waals surface area contributed by atoms with Crippen molar-refractivity contribution in [1.29, 1.82) is 0 Å². The quantitative estimate of drug-likeness (QED) is 0.790. The van der Waals surface area contributed by atoms with E-state index in [9.17, 15) is 4.79 Å². The van der Waals surface area contributed by atoms with Crippen LogP contribution in [0.15, 0.2) is 30.3 Å². The summed E-state index contributed by atoms with van der Waals surface area (Å²) in [5.74, 6) is 0.119. The molecule has 3 heteroatoms. The molecule has 0 aliphatic rings. The summed E-state index contributed by atoms with van der Waals surface area (Å²) in [7, 11) is 2.06. The van der Waals surface area contributed by atoms with E-state index in [1.165, 1.54) is 5.56 Å². The van der Waals surface area contributed by atoms with Gasteiger partial charge in [-0.25, -0.2) is 0 Å². The minimum Gasteiger partial charge on any atom is -0.355 e. The van der Waals surface area contributed by atoms with E-state index in [-0.39, 0.29) is 5.91 Å². The van der Waals surface area contributed by atoms with Gasteiger partial charge in [-0.15, -0.1) is 0 Å². The van der Waals surface area contributed by atoms with Crippen molar-refractivity contribution < 1.29 is 4.79 Å². The Balaban J connectivity index is 2.21. The summed E-state index contributed by atoms with van der Waals surface area (Å²) >= 11 is 0. The van der Waals surface area contributed by atoms with Crippen molar-refractivity contribution in [3.05, 3.63) is 35.9 Å². The molecule has 0 radical (unpaired) electrons. The fourth-order valence-electron chi connectivity index (χ4n) is 1.49. The lowest BCUT2D eigenvalue weighted by Crippen LogP contribution is -2.32. The molecule has 0 saturated carbocycles. The molecule has 0 unspecified atom stereocenters. The highest BCUT2D eigenvalue weighted by Gasteiger charge is 2.00. The molecule has 0 aliphatic carbocycles. The van der Waals surface area contributed by atoms with Gasteiger partial charge in [0.05, 0.1) is 0 Å². The first-order valence-corrected chi connectivity index (χ1v) is 5.71. The highest BCUT2D eigenvalue weighted by Crippen LogP contribution is 2.01. The van der Waals surface area contributed by atoms with Gasteiger partial charge in [0, 0.05) is 26.1 Å². The summed E-state index contributed by atoms with van der Waals surface area (Å²) in [6.45, 7) is 4.38. The molecule has 0 fully saturated rings. The van der Waals surface area contributed by atoms with Crippen molar-refractivity contribution in [2.24, 2.45) is 0 Å². The van der Waals surface area contributed by atoms with Crippen molar-refractivity contribution in [2.75, 3.05) is 20.1 Å². The van der Waals surface area contributed by atoms with Crippen LogP contribution >= 0.6 is 0 Å². The van der Waals surface area contributed by atoms with Crippen molar-refractivity contribution in [2.45, 2.75) is 19.9 Å². The Morgan fingerprint density at radius 2 is 2.00 bits per heavy atom. The Morgan fingerprint density at radius 3 is 2.62 bits per heavy atom. The van der Waals surface area contributed by atoms with Crippen molar-refractivity contribution >= 4 is 5.91 Å². The van der Waals surface area contributed by atoms with E-state index in [2.05, 4.69) is 29.4 Å². The summed E-state index contributed by atoms with van der Waals surface area (Å²) < 4.78 is 0. The number of nitrogens with zero attached hydrogens (tertiary/aromatic N) is 1. The zero-order valence-electron chi connectivity index (χ0n) is 10.1. The summed E-state index contributed by atoms with van der Waals surface area (Å²) in [6, 6.07) is 10.3. The first-order chi connectivity index (χ1) is 7.72. The smallest absolute Gasteiger partial charge is 0.219 e. The van der Waals surface area contributed by atoms with Crippen LogP contribution < -0.4 is 5.32 Å². The number of hydrogen-bond acceptors (Lipinski definition) is 2. The average molecular weight is 220 g/mol. The van der Waals surface area contributed by atoms with E-state index in [1.54, 1.807) is 0 Å². The molecule has 1 aromatic carbocycles. The Kier molecular flexibility index (Phi) is 5.57. The van der Waals surface area contributed by atoms with E-state index in [4.69, 9.17) is 0 Å². The molecular weight excluding hydrogens is 200 g/mol. The van der Waals surface area contributed by atoms with Gasteiger partial charge in [-0.2, -0.15) is 0 Å². The molecule has 0 atom stereocenters. The Hall–Kier alpha value is -1.35. The van der Waals surface area contributed by atoms with Crippen LogP contribution in [-0.4, -0.2) is 30.9 Å². The molecule has 1 N–H and O–H groups in total. The fourth-order valence-corrected chi connectivity index (χ4v) is 1.49. The second-order valence-corrected chi connectivity index (χ2v) is 3.93. The standard InChI is InChI=1S/C13H20N2O/c1-3-13(16)14-9-10-15(2)11-12-7-5-4-6-8-12/h4-8H,3,9-11H2,1-2H3,(H,14,16). The molecule has 0 aliphatic heterocycles. The fraction of sp³-hybridized carbons (Fsp3) is 0.462. The molecule has 0 aromatic heterocycles.